The topological polar surface area (TPSA) is 64.0 Å². The number of thiophene rings is 1. The Morgan fingerprint density at radius 1 is 1.32 bits per heavy atom. The lowest BCUT2D eigenvalue weighted by molar-refractivity contribution is -0.122. The first kappa shape index (κ1) is 16.3. The fourth-order valence-corrected chi connectivity index (χ4v) is 3.80. The van der Waals surface area contributed by atoms with Crippen molar-refractivity contribution in [2.24, 2.45) is 5.92 Å². The summed E-state index contributed by atoms with van der Waals surface area (Å²) in [4.78, 5) is 29.8. The van der Waals surface area contributed by atoms with Gasteiger partial charge in [0.1, 0.15) is 11.4 Å². The number of nitrogens with one attached hydrogen (secondary N) is 1. The Hall–Kier alpha value is -2.18. The number of hydrogen-bond donors (Lipinski definition) is 1. The fraction of sp³-hybridized carbons (Fsp3) is 0.278. The van der Waals surface area contributed by atoms with Crippen LogP contribution < -0.4 is 10.9 Å². The quantitative estimate of drug-likeness (QED) is 0.745. The Balaban J connectivity index is 1.52. The van der Waals surface area contributed by atoms with Gasteiger partial charge in [0.2, 0.25) is 5.91 Å². The van der Waals surface area contributed by atoms with Gasteiger partial charge in [-0.2, -0.15) is 0 Å². The maximum Gasteiger partial charge on any atom is 0.262 e. The number of benzene rings is 1. The van der Waals surface area contributed by atoms with E-state index in [0.29, 0.717) is 21.2 Å². The van der Waals surface area contributed by atoms with Crippen LogP contribution >= 0.6 is 22.9 Å². The van der Waals surface area contributed by atoms with Gasteiger partial charge < -0.3 is 5.32 Å². The Morgan fingerprint density at radius 3 is 2.80 bits per heavy atom. The van der Waals surface area contributed by atoms with Crippen molar-refractivity contribution in [2.45, 2.75) is 25.4 Å². The molecule has 4 rings (SSSR count). The highest BCUT2D eigenvalue weighted by molar-refractivity contribution is 7.16. The van der Waals surface area contributed by atoms with Crippen molar-refractivity contribution in [3.63, 3.8) is 0 Å². The van der Waals surface area contributed by atoms with Crippen molar-refractivity contribution >= 4 is 39.1 Å². The summed E-state index contributed by atoms with van der Waals surface area (Å²) < 4.78 is 1.36. The van der Waals surface area contributed by atoms with Gasteiger partial charge in [0, 0.05) is 5.02 Å². The standard InChI is InChI=1S/C18H16ClN3O2S/c19-13-5-3-12(4-6-13)16(11-1-2-11)21-15(23)9-22-10-20-17-14(18(22)24)7-8-25-17/h3-8,10-11,16H,1-2,9H2,(H,21,23). The molecule has 1 saturated carbocycles. The van der Waals surface area contributed by atoms with Crippen LogP contribution in [0.4, 0.5) is 0 Å². The van der Waals surface area contributed by atoms with E-state index in [2.05, 4.69) is 10.3 Å². The minimum Gasteiger partial charge on any atom is -0.347 e. The van der Waals surface area contributed by atoms with E-state index < -0.39 is 0 Å². The summed E-state index contributed by atoms with van der Waals surface area (Å²) in [7, 11) is 0. The van der Waals surface area contributed by atoms with E-state index in [1.54, 1.807) is 6.07 Å². The zero-order chi connectivity index (χ0) is 17.4. The Kier molecular flexibility index (Phi) is 4.31. The summed E-state index contributed by atoms with van der Waals surface area (Å²) in [6, 6.07) is 9.24. The highest BCUT2D eigenvalue weighted by Gasteiger charge is 2.33. The van der Waals surface area contributed by atoms with E-state index in [-0.39, 0.29) is 24.1 Å². The third kappa shape index (κ3) is 3.45. The van der Waals surface area contributed by atoms with Crippen LogP contribution in [0.3, 0.4) is 0 Å². The van der Waals surface area contributed by atoms with E-state index in [1.807, 2.05) is 29.6 Å². The van der Waals surface area contributed by atoms with Crippen LogP contribution in [0.1, 0.15) is 24.4 Å². The average molecular weight is 374 g/mol. The Morgan fingerprint density at radius 2 is 2.08 bits per heavy atom. The molecule has 1 unspecified atom stereocenters. The molecule has 2 heterocycles. The van der Waals surface area contributed by atoms with Gasteiger partial charge >= 0.3 is 0 Å². The molecule has 5 nitrogen and oxygen atoms in total. The number of halogens is 1. The molecule has 0 bridgehead atoms. The van der Waals surface area contributed by atoms with Crippen molar-refractivity contribution in [1.82, 2.24) is 14.9 Å². The average Bonchev–Trinajstić information content (AvgIpc) is 3.33. The lowest BCUT2D eigenvalue weighted by atomic mass is 10.0. The van der Waals surface area contributed by atoms with Gasteiger partial charge in [-0.1, -0.05) is 23.7 Å². The van der Waals surface area contributed by atoms with E-state index in [1.165, 1.54) is 22.2 Å². The molecule has 1 N–H and O–H groups in total. The molecule has 0 radical (unpaired) electrons. The number of aromatic nitrogens is 2. The summed E-state index contributed by atoms with van der Waals surface area (Å²) in [5.74, 6) is 0.254. The van der Waals surface area contributed by atoms with Crippen molar-refractivity contribution in [2.75, 3.05) is 0 Å². The van der Waals surface area contributed by atoms with Crippen molar-refractivity contribution in [3.8, 4) is 0 Å². The van der Waals surface area contributed by atoms with Crippen LogP contribution in [0.25, 0.3) is 10.2 Å². The third-order valence-corrected chi connectivity index (χ3v) is 5.48. The maximum atomic E-state index is 12.5. The largest absolute Gasteiger partial charge is 0.347 e. The van der Waals surface area contributed by atoms with E-state index in [0.717, 1.165) is 18.4 Å². The molecule has 0 aliphatic heterocycles. The SMILES string of the molecule is O=C(Cn1cnc2sccc2c1=O)NC(c1ccc(Cl)cc1)C1CC1. The number of carbonyl (C=O) groups excluding carboxylic acids is 1. The lowest BCUT2D eigenvalue weighted by Gasteiger charge is -2.19. The molecule has 25 heavy (non-hydrogen) atoms. The van der Waals surface area contributed by atoms with Crippen LogP contribution in [-0.4, -0.2) is 15.5 Å². The van der Waals surface area contributed by atoms with Crippen LogP contribution in [0, 0.1) is 5.92 Å². The van der Waals surface area contributed by atoms with Crippen LogP contribution in [0.5, 0.6) is 0 Å². The number of rotatable bonds is 5. The first-order valence-corrected chi connectivity index (χ1v) is 9.35. The molecule has 1 aromatic carbocycles. The zero-order valence-corrected chi connectivity index (χ0v) is 14.9. The highest BCUT2D eigenvalue weighted by Crippen LogP contribution is 2.41. The van der Waals surface area contributed by atoms with Crippen molar-refractivity contribution < 1.29 is 4.79 Å². The number of amides is 1. The van der Waals surface area contributed by atoms with Crippen LogP contribution in [-0.2, 0) is 11.3 Å². The molecule has 1 aliphatic rings. The molecular weight excluding hydrogens is 358 g/mol. The molecule has 0 saturated heterocycles. The first-order chi connectivity index (χ1) is 12.1. The molecule has 7 heteroatoms. The molecule has 0 spiro atoms. The van der Waals surface area contributed by atoms with Gasteiger partial charge in [-0.3, -0.25) is 14.2 Å². The molecule has 1 amide bonds. The van der Waals surface area contributed by atoms with E-state index in [4.69, 9.17) is 11.6 Å². The van der Waals surface area contributed by atoms with Crippen LogP contribution in [0.2, 0.25) is 5.02 Å². The number of carbonyl (C=O) groups is 1. The maximum absolute atomic E-state index is 12.5. The van der Waals surface area contributed by atoms with E-state index in [9.17, 15) is 9.59 Å². The van der Waals surface area contributed by atoms with E-state index >= 15 is 0 Å². The predicted octanol–water partition coefficient (Wildman–Crippen LogP) is 3.38. The highest BCUT2D eigenvalue weighted by atomic mass is 35.5. The first-order valence-electron chi connectivity index (χ1n) is 8.09. The lowest BCUT2D eigenvalue weighted by Crippen LogP contribution is -2.35. The second-order valence-electron chi connectivity index (χ2n) is 6.25. The summed E-state index contributed by atoms with van der Waals surface area (Å²) >= 11 is 7.36. The summed E-state index contributed by atoms with van der Waals surface area (Å²) in [6.07, 6.45) is 3.63. The number of nitrogens with zero attached hydrogens (tertiary/aromatic N) is 2. The van der Waals surface area contributed by atoms with Gasteiger partial charge in [0.25, 0.3) is 5.56 Å². The zero-order valence-electron chi connectivity index (χ0n) is 13.3. The monoisotopic (exact) mass is 373 g/mol. The normalized spacial score (nSPS) is 15.2. The second kappa shape index (κ2) is 6.61. The summed E-state index contributed by atoms with van der Waals surface area (Å²) in [5, 5.41) is 6.12. The summed E-state index contributed by atoms with van der Waals surface area (Å²) in [5.41, 5.74) is 0.856. The fourth-order valence-electron chi connectivity index (χ4n) is 2.95. The van der Waals surface area contributed by atoms with Crippen molar-refractivity contribution in [1.29, 1.82) is 0 Å². The van der Waals surface area contributed by atoms with Gasteiger partial charge in [0.15, 0.2) is 0 Å². The smallest absolute Gasteiger partial charge is 0.262 e. The molecular formula is C18H16ClN3O2S. The molecule has 2 aromatic heterocycles. The number of hydrogen-bond acceptors (Lipinski definition) is 4. The number of fused-ring (bicyclic) bond motifs is 1. The van der Waals surface area contributed by atoms with Crippen LogP contribution in [0.15, 0.2) is 46.8 Å². The third-order valence-electron chi connectivity index (χ3n) is 4.40. The van der Waals surface area contributed by atoms with Crippen molar-refractivity contribution in [3.05, 3.63) is 63.0 Å². The minimum atomic E-state index is -0.190. The Bertz CT molecular complexity index is 976. The van der Waals surface area contributed by atoms with Gasteiger partial charge in [-0.15, -0.1) is 11.3 Å². The summed E-state index contributed by atoms with van der Waals surface area (Å²) in [6.45, 7) is -0.0333. The minimum absolute atomic E-state index is 0.0333. The Labute approximate surface area is 153 Å². The van der Waals surface area contributed by atoms with Gasteiger partial charge in [-0.25, -0.2) is 4.98 Å². The van der Waals surface area contributed by atoms with Gasteiger partial charge in [0.05, 0.1) is 17.8 Å². The van der Waals surface area contributed by atoms with Gasteiger partial charge in [-0.05, 0) is 47.9 Å². The molecule has 1 fully saturated rings. The predicted molar refractivity (Wildman–Crippen MR) is 98.9 cm³/mol. The molecule has 128 valence electrons. The molecule has 1 atom stereocenters. The second-order valence-corrected chi connectivity index (χ2v) is 7.58. The molecule has 1 aliphatic carbocycles. The molecule has 3 aromatic rings.